The van der Waals surface area contributed by atoms with E-state index in [-0.39, 0.29) is 0 Å². The molecule has 3 aromatic rings. The summed E-state index contributed by atoms with van der Waals surface area (Å²) >= 11 is 0. The molecule has 3 aliphatic rings. The van der Waals surface area contributed by atoms with E-state index in [4.69, 9.17) is 4.74 Å². The Morgan fingerprint density at radius 3 is 3.03 bits per heavy atom. The molecule has 0 amide bonds. The number of benzene rings is 2. The number of hydrogen-bond acceptors (Lipinski definition) is 7. The van der Waals surface area contributed by atoms with E-state index in [1.807, 2.05) is 12.1 Å². The molecule has 0 spiro atoms. The third-order valence-electron chi connectivity index (χ3n) is 7.46. The minimum absolute atomic E-state index is 0.360. The predicted molar refractivity (Wildman–Crippen MR) is 134 cm³/mol. The zero-order valence-corrected chi connectivity index (χ0v) is 19.5. The molecule has 6 rings (SSSR count). The molecule has 2 N–H and O–H groups in total. The molecule has 174 valence electrons. The van der Waals surface area contributed by atoms with Gasteiger partial charge in [0.05, 0.1) is 30.3 Å². The average molecular weight is 455 g/mol. The summed E-state index contributed by atoms with van der Waals surface area (Å²) in [5, 5.41) is 17.7. The van der Waals surface area contributed by atoms with E-state index in [1.165, 1.54) is 22.5 Å². The SMILES string of the molecule is CC1CN(c2ccc(C#N)c3ncccc23)CC2c3ccc(NCC4COCCN4)cc3CN12. The Labute approximate surface area is 200 Å². The molecule has 4 heterocycles. The van der Waals surface area contributed by atoms with E-state index in [2.05, 4.69) is 68.7 Å². The summed E-state index contributed by atoms with van der Waals surface area (Å²) in [6, 6.07) is 18.3. The molecular weight excluding hydrogens is 424 g/mol. The minimum Gasteiger partial charge on any atom is -0.383 e. The number of nitrogens with one attached hydrogen (secondary N) is 2. The van der Waals surface area contributed by atoms with Gasteiger partial charge < -0.3 is 20.3 Å². The second-order valence-electron chi connectivity index (χ2n) is 9.61. The largest absolute Gasteiger partial charge is 0.383 e. The van der Waals surface area contributed by atoms with Gasteiger partial charge in [-0.1, -0.05) is 6.07 Å². The van der Waals surface area contributed by atoms with Gasteiger partial charge in [0, 0.05) is 67.8 Å². The Bertz CT molecular complexity index is 1250. The number of nitriles is 1. The maximum Gasteiger partial charge on any atom is 0.101 e. The first-order valence-electron chi connectivity index (χ1n) is 12.2. The van der Waals surface area contributed by atoms with Gasteiger partial charge in [0.25, 0.3) is 0 Å². The molecule has 2 fully saturated rings. The van der Waals surface area contributed by atoms with Crippen molar-refractivity contribution < 1.29 is 4.74 Å². The van der Waals surface area contributed by atoms with Crippen LogP contribution < -0.4 is 15.5 Å². The highest BCUT2D eigenvalue weighted by Crippen LogP contribution is 2.41. The Morgan fingerprint density at radius 1 is 1.24 bits per heavy atom. The summed E-state index contributed by atoms with van der Waals surface area (Å²) in [4.78, 5) is 9.62. The van der Waals surface area contributed by atoms with E-state index in [0.29, 0.717) is 23.7 Å². The number of fused-ring (bicyclic) bond motifs is 4. The van der Waals surface area contributed by atoms with Crippen LogP contribution in [0.2, 0.25) is 0 Å². The lowest BCUT2D eigenvalue weighted by Gasteiger charge is -2.43. The Kier molecular flexibility index (Phi) is 5.58. The Morgan fingerprint density at radius 2 is 2.18 bits per heavy atom. The second-order valence-corrected chi connectivity index (χ2v) is 9.61. The third-order valence-corrected chi connectivity index (χ3v) is 7.46. The number of rotatable bonds is 4. The molecular formula is C27H30N6O. The highest BCUT2D eigenvalue weighted by Gasteiger charge is 2.39. The maximum atomic E-state index is 9.52. The fraction of sp³-hybridized carbons (Fsp3) is 0.407. The quantitative estimate of drug-likeness (QED) is 0.627. The molecule has 3 unspecified atom stereocenters. The standard InChI is InChI=1S/C27H30N6O/c1-18-14-32(25-7-4-19(12-28)27-24(25)3-2-8-30-27)16-26-23-6-5-21(11-20(23)15-33(18)26)31-13-22-17-34-10-9-29-22/h2-8,11,18,22,26,29,31H,9-10,13-17H2,1H3. The normalized spacial score (nSPS) is 24.5. The number of ether oxygens (including phenoxy) is 1. The summed E-state index contributed by atoms with van der Waals surface area (Å²) in [7, 11) is 0. The molecule has 2 aromatic carbocycles. The summed E-state index contributed by atoms with van der Waals surface area (Å²) in [6.07, 6.45) is 1.77. The average Bonchev–Trinajstić information content (AvgIpc) is 3.26. The van der Waals surface area contributed by atoms with Crippen molar-refractivity contribution >= 4 is 22.3 Å². The second kappa shape index (κ2) is 8.88. The first-order valence-corrected chi connectivity index (χ1v) is 12.2. The molecule has 0 saturated carbocycles. The maximum absolute atomic E-state index is 9.52. The molecule has 7 nitrogen and oxygen atoms in total. The molecule has 3 aliphatic heterocycles. The predicted octanol–water partition coefficient (Wildman–Crippen LogP) is 3.27. The fourth-order valence-electron chi connectivity index (χ4n) is 5.75. The highest BCUT2D eigenvalue weighted by atomic mass is 16.5. The summed E-state index contributed by atoms with van der Waals surface area (Å²) in [6.45, 7) is 8.56. The molecule has 3 atom stereocenters. The van der Waals surface area contributed by atoms with E-state index < -0.39 is 0 Å². The van der Waals surface area contributed by atoms with Gasteiger partial charge in [-0.05, 0) is 54.4 Å². The van der Waals surface area contributed by atoms with Gasteiger partial charge in [0.1, 0.15) is 6.07 Å². The number of piperazine rings is 1. The van der Waals surface area contributed by atoms with Gasteiger partial charge in [-0.15, -0.1) is 0 Å². The van der Waals surface area contributed by atoms with Crippen molar-refractivity contribution in [2.45, 2.75) is 31.6 Å². The van der Waals surface area contributed by atoms with Crippen molar-refractivity contribution in [2.24, 2.45) is 0 Å². The Hall–Kier alpha value is -3.18. The number of anilines is 2. The van der Waals surface area contributed by atoms with E-state index in [0.717, 1.165) is 56.8 Å². The van der Waals surface area contributed by atoms with Crippen LogP contribution in [-0.2, 0) is 11.3 Å². The van der Waals surface area contributed by atoms with Crippen LogP contribution in [0.1, 0.15) is 29.7 Å². The lowest BCUT2D eigenvalue weighted by molar-refractivity contribution is 0.0806. The van der Waals surface area contributed by atoms with E-state index in [9.17, 15) is 5.26 Å². The fourth-order valence-corrected chi connectivity index (χ4v) is 5.75. The zero-order chi connectivity index (χ0) is 23.1. The summed E-state index contributed by atoms with van der Waals surface area (Å²) in [5.74, 6) is 0. The third kappa shape index (κ3) is 3.78. The lowest BCUT2D eigenvalue weighted by Crippen LogP contribution is -2.51. The Balaban J connectivity index is 1.24. The van der Waals surface area contributed by atoms with Gasteiger partial charge in [-0.2, -0.15) is 5.26 Å². The summed E-state index contributed by atoms with van der Waals surface area (Å²) < 4.78 is 5.57. The van der Waals surface area contributed by atoms with Crippen LogP contribution in [-0.4, -0.2) is 61.4 Å². The van der Waals surface area contributed by atoms with Crippen LogP contribution in [0.4, 0.5) is 11.4 Å². The molecule has 34 heavy (non-hydrogen) atoms. The van der Waals surface area contributed by atoms with Crippen LogP contribution in [0.5, 0.6) is 0 Å². The van der Waals surface area contributed by atoms with Gasteiger partial charge in [-0.25, -0.2) is 0 Å². The van der Waals surface area contributed by atoms with Gasteiger partial charge in [-0.3, -0.25) is 9.88 Å². The number of nitrogens with zero attached hydrogens (tertiary/aromatic N) is 4. The van der Waals surface area contributed by atoms with Crippen molar-refractivity contribution in [3.05, 3.63) is 65.4 Å². The van der Waals surface area contributed by atoms with Gasteiger partial charge in [0.2, 0.25) is 0 Å². The van der Waals surface area contributed by atoms with E-state index in [1.54, 1.807) is 6.20 Å². The van der Waals surface area contributed by atoms with Crippen molar-refractivity contribution in [1.82, 2.24) is 15.2 Å². The van der Waals surface area contributed by atoms with Crippen LogP contribution in [0.25, 0.3) is 10.9 Å². The monoisotopic (exact) mass is 454 g/mol. The van der Waals surface area contributed by atoms with Crippen LogP contribution in [0.3, 0.4) is 0 Å². The summed E-state index contributed by atoms with van der Waals surface area (Å²) in [5.41, 5.74) is 6.62. The van der Waals surface area contributed by atoms with Crippen molar-refractivity contribution in [3.8, 4) is 6.07 Å². The smallest absolute Gasteiger partial charge is 0.101 e. The molecule has 0 bridgehead atoms. The first kappa shape index (κ1) is 21.4. The highest BCUT2D eigenvalue weighted by molar-refractivity contribution is 5.95. The van der Waals surface area contributed by atoms with Crippen LogP contribution in [0.15, 0.2) is 48.7 Å². The zero-order valence-electron chi connectivity index (χ0n) is 19.5. The first-order chi connectivity index (χ1) is 16.7. The molecule has 1 aromatic heterocycles. The van der Waals surface area contributed by atoms with Crippen LogP contribution in [0, 0.1) is 11.3 Å². The molecule has 0 radical (unpaired) electrons. The van der Waals surface area contributed by atoms with E-state index >= 15 is 0 Å². The number of pyridine rings is 1. The molecule has 2 saturated heterocycles. The minimum atomic E-state index is 0.360. The number of morpholine rings is 1. The van der Waals surface area contributed by atoms with Crippen molar-refractivity contribution in [2.75, 3.05) is 49.6 Å². The van der Waals surface area contributed by atoms with Crippen molar-refractivity contribution in [3.63, 3.8) is 0 Å². The number of hydrogen-bond donors (Lipinski definition) is 2. The topological polar surface area (TPSA) is 76.5 Å². The molecule has 0 aliphatic carbocycles. The number of aromatic nitrogens is 1. The van der Waals surface area contributed by atoms with Crippen LogP contribution >= 0.6 is 0 Å². The van der Waals surface area contributed by atoms with Gasteiger partial charge in [0.15, 0.2) is 0 Å². The van der Waals surface area contributed by atoms with Crippen molar-refractivity contribution in [1.29, 1.82) is 5.26 Å². The lowest BCUT2D eigenvalue weighted by atomic mass is 9.99. The molecule has 7 heteroatoms. The van der Waals surface area contributed by atoms with Gasteiger partial charge >= 0.3 is 0 Å².